The Hall–Kier alpha value is -2.64. The number of amides is 1. The van der Waals surface area contributed by atoms with Crippen molar-refractivity contribution in [3.8, 4) is 11.5 Å². The maximum absolute atomic E-state index is 12.2. The van der Waals surface area contributed by atoms with E-state index in [0.29, 0.717) is 24.7 Å². The molecule has 172 valence electrons. The van der Waals surface area contributed by atoms with Crippen molar-refractivity contribution in [1.82, 2.24) is 5.43 Å². The SMILES string of the molecule is CCOc1cc(/C=N\NC(=O)Cc2ccc(C)c(C)c2)cc(Br)c1OCc1ccc(Br)cc1. The minimum absolute atomic E-state index is 0.173. The Morgan fingerprint density at radius 3 is 2.39 bits per heavy atom. The molecule has 7 heteroatoms. The van der Waals surface area contributed by atoms with Crippen LogP contribution in [0.25, 0.3) is 0 Å². The summed E-state index contributed by atoms with van der Waals surface area (Å²) in [6.07, 6.45) is 1.86. The molecule has 0 radical (unpaired) electrons. The second-order valence-electron chi connectivity index (χ2n) is 7.57. The zero-order chi connectivity index (χ0) is 23.8. The third-order valence-electron chi connectivity index (χ3n) is 4.97. The largest absolute Gasteiger partial charge is 0.490 e. The molecule has 0 saturated carbocycles. The summed E-state index contributed by atoms with van der Waals surface area (Å²) < 4.78 is 13.6. The molecule has 0 heterocycles. The van der Waals surface area contributed by atoms with Gasteiger partial charge in [0.05, 0.1) is 23.7 Å². The van der Waals surface area contributed by atoms with Crippen molar-refractivity contribution in [2.75, 3.05) is 6.61 Å². The van der Waals surface area contributed by atoms with Crippen molar-refractivity contribution in [3.63, 3.8) is 0 Å². The van der Waals surface area contributed by atoms with Gasteiger partial charge in [0.1, 0.15) is 6.61 Å². The van der Waals surface area contributed by atoms with E-state index < -0.39 is 0 Å². The summed E-state index contributed by atoms with van der Waals surface area (Å²) in [4.78, 5) is 12.2. The molecule has 0 fully saturated rings. The number of hydrazone groups is 1. The fourth-order valence-corrected chi connectivity index (χ4v) is 3.96. The average molecular weight is 574 g/mol. The minimum atomic E-state index is -0.173. The molecule has 0 spiro atoms. The Kier molecular flexibility index (Phi) is 9.09. The first-order valence-corrected chi connectivity index (χ1v) is 12.2. The quantitative estimate of drug-likeness (QED) is 0.235. The van der Waals surface area contributed by atoms with Gasteiger partial charge in [0, 0.05) is 4.47 Å². The molecule has 1 N–H and O–H groups in total. The zero-order valence-corrected chi connectivity index (χ0v) is 22.0. The summed E-state index contributed by atoms with van der Waals surface area (Å²) in [5, 5.41) is 4.11. The highest BCUT2D eigenvalue weighted by Gasteiger charge is 2.12. The number of hydrogen-bond donors (Lipinski definition) is 1. The van der Waals surface area contributed by atoms with E-state index >= 15 is 0 Å². The Morgan fingerprint density at radius 1 is 0.970 bits per heavy atom. The molecule has 33 heavy (non-hydrogen) atoms. The molecule has 0 atom stereocenters. The Bertz CT molecular complexity index is 1150. The summed E-state index contributed by atoms with van der Waals surface area (Å²) in [6, 6.07) is 17.7. The van der Waals surface area contributed by atoms with Crippen LogP contribution < -0.4 is 14.9 Å². The lowest BCUT2D eigenvalue weighted by molar-refractivity contribution is -0.120. The van der Waals surface area contributed by atoms with Gasteiger partial charge in [-0.05, 0) is 88.8 Å². The van der Waals surface area contributed by atoms with Gasteiger partial charge in [0.2, 0.25) is 5.91 Å². The molecule has 0 aliphatic rings. The molecule has 5 nitrogen and oxygen atoms in total. The zero-order valence-electron chi connectivity index (χ0n) is 18.8. The van der Waals surface area contributed by atoms with Crippen LogP contribution in [0.1, 0.15) is 34.7 Å². The number of ether oxygens (including phenoxy) is 2. The van der Waals surface area contributed by atoms with Crippen LogP contribution in [0.15, 0.2) is 68.6 Å². The van der Waals surface area contributed by atoms with Crippen LogP contribution in [0.5, 0.6) is 11.5 Å². The smallest absolute Gasteiger partial charge is 0.244 e. The number of benzene rings is 3. The predicted octanol–water partition coefficient (Wildman–Crippen LogP) is 6.50. The van der Waals surface area contributed by atoms with E-state index in [9.17, 15) is 4.79 Å². The van der Waals surface area contributed by atoms with E-state index in [1.165, 1.54) is 11.1 Å². The molecule has 0 unspecified atom stereocenters. The molecule has 1 amide bonds. The van der Waals surface area contributed by atoms with Crippen LogP contribution in [0.4, 0.5) is 0 Å². The number of nitrogens with one attached hydrogen (secondary N) is 1. The summed E-state index contributed by atoms with van der Waals surface area (Å²) in [6.45, 7) is 6.91. The van der Waals surface area contributed by atoms with Gasteiger partial charge in [0.15, 0.2) is 11.5 Å². The lowest BCUT2D eigenvalue weighted by Gasteiger charge is -2.14. The van der Waals surface area contributed by atoms with E-state index in [2.05, 4.69) is 49.3 Å². The lowest BCUT2D eigenvalue weighted by Crippen LogP contribution is -2.19. The van der Waals surface area contributed by atoms with Crippen LogP contribution in [-0.2, 0) is 17.8 Å². The van der Waals surface area contributed by atoms with Crippen molar-refractivity contribution < 1.29 is 14.3 Å². The van der Waals surface area contributed by atoms with Gasteiger partial charge in [-0.1, -0.05) is 46.3 Å². The Labute approximate surface area is 211 Å². The van der Waals surface area contributed by atoms with Crippen LogP contribution in [0.3, 0.4) is 0 Å². The molecular weight excluding hydrogens is 548 g/mol. The van der Waals surface area contributed by atoms with Crippen molar-refractivity contribution >= 4 is 44.0 Å². The maximum atomic E-state index is 12.2. The average Bonchev–Trinajstić information content (AvgIpc) is 2.77. The first-order chi connectivity index (χ1) is 15.9. The number of hydrogen-bond acceptors (Lipinski definition) is 4. The fraction of sp³-hybridized carbons (Fsp3) is 0.231. The van der Waals surface area contributed by atoms with Crippen LogP contribution >= 0.6 is 31.9 Å². The second kappa shape index (κ2) is 12.0. The monoisotopic (exact) mass is 572 g/mol. The molecule has 0 bridgehead atoms. The normalized spacial score (nSPS) is 10.9. The highest BCUT2D eigenvalue weighted by Crippen LogP contribution is 2.37. The van der Waals surface area contributed by atoms with Gasteiger partial charge in [-0.15, -0.1) is 0 Å². The van der Waals surface area contributed by atoms with E-state index in [-0.39, 0.29) is 12.3 Å². The van der Waals surface area contributed by atoms with Crippen molar-refractivity contribution in [1.29, 1.82) is 0 Å². The summed E-state index contributed by atoms with van der Waals surface area (Å²) >= 11 is 7.01. The van der Waals surface area contributed by atoms with Gasteiger partial charge in [-0.2, -0.15) is 5.10 Å². The number of nitrogens with zero attached hydrogens (tertiary/aromatic N) is 1. The molecule has 0 aromatic heterocycles. The highest BCUT2D eigenvalue weighted by atomic mass is 79.9. The van der Waals surface area contributed by atoms with E-state index in [0.717, 1.165) is 25.6 Å². The van der Waals surface area contributed by atoms with Gasteiger partial charge >= 0.3 is 0 Å². The van der Waals surface area contributed by atoms with Gasteiger partial charge < -0.3 is 9.47 Å². The lowest BCUT2D eigenvalue weighted by atomic mass is 10.0. The number of carbonyl (C=O) groups excluding carboxylic acids is 1. The van der Waals surface area contributed by atoms with E-state index in [1.54, 1.807) is 6.21 Å². The summed E-state index contributed by atoms with van der Waals surface area (Å²) in [5.74, 6) is 1.05. The van der Waals surface area contributed by atoms with Gasteiger partial charge in [-0.3, -0.25) is 4.79 Å². The van der Waals surface area contributed by atoms with Crippen molar-refractivity contribution in [2.45, 2.75) is 33.8 Å². The molecule has 3 rings (SSSR count). The molecule has 0 aliphatic carbocycles. The summed E-state index contributed by atoms with van der Waals surface area (Å²) in [5.41, 5.74) is 7.74. The van der Waals surface area contributed by atoms with Crippen LogP contribution in [0.2, 0.25) is 0 Å². The standard InChI is InChI=1S/C26H26Br2N2O3/c1-4-32-24-13-21(12-23(28)26(24)33-16-19-7-9-22(27)10-8-19)15-29-30-25(31)14-20-6-5-17(2)18(3)11-20/h5-13,15H,4,14,16H2,1-3H3,(H,30,31)/b29-15-. The Balaban J connectivity index is 1.65. The predicted molar refractivity (Wildman–Crippen MR) is 139 cm³/mol. The Morgan fingerprint density at radius 2 is 1.70 bits per heavy atom. The first-order valence-electron chi connectivity index (χ1n) is 10.6. The third-order valence-corrected chi connectivity index (χ3v) is 6.08. The van der Waals surface area contributed by atoms with Crippen LogP contribution in [-0.4, -0.2) is 18.7 Å². The maximum Gasteiger partial charge on any atom is 0.244 e. The highest BCUT2D eigenvalue weighted by molar-refractivity contribution is 9.10. The number of rotatable bonds is 9. The number of aryl methyl sites for hydroxylation is 2. The fourth-order valence-electron chi connectivity index (χ4n) is 3.12. The molecule has 0 saturated heterocycles. The van der Waals surface area contributed by atoms with Crippen molar-refractivity contribution in [3.05, 3.63) is 91.4 Å². The van der Waals surface area contributed by atoms with E-state index in [4.69, 9.17) is 9.47 Å². The van der Waals surface area contributed by atoms with Crippen LogP contribution in [0, 0.1) is 13.8 Å². The van der Waals surface area contributed by atoms with Gasteiger partial charge in [0.25, 0.3) is 0 Å². The number of halogens is 2. The molecule has 0 aliphatic heterocycles. The summed E-state index contributed by atoms with van der Waals surface area (Å²) in [7, 11) is 0. The number of carbonyl (C=O) groups is 1. The molecule has 3 aromatic carbocycles. The third kappa shape index (κ3) is 7.44. The van der Waals surface area contributed by atoms with Gasteiger partial charge in [-0.25, -0.2) is 5.43 Å². The molecule has 3 aromatic rings. The molecular formula is C26H26Br2N2O3. The van der Waals surface area contributed by atoms with Crippen molar-refractivity contribution in [2.24, 2.45) is 5.10 Å². The van der Waals surface area contributed by atoms with E-state index in [1.807, 2.05) is 68.4 Å². The minimum Gasteiger partial charge on any atom is -0.490 e. The topological polar surface area (TPSA) is 59.9 Å². The first kappa shape index (κ1) is 25.0. The second-order valence-corrected chi connectivity index (χ2v) is 9.34.